The quantitative estimate of drug-likeness (QED) is 0.209. The Morgan fingerprint density at radius 1 is 1.10 bits per heavy atom. The van der Waals surface area contributed by atoms with E-state index in [0.29, 0.717) is 47.9 Å². The first-order chi connectivity index (χ1) is 22.7. The molecule has 48 heavy (non-hydrogen) atoms. The molecule has 1 aliphatic rings. The van der Waals surface area contributed by atoms with Crippen molar-refractivity contribution in [3.63, 3.8) is 0 Å². The van der Waals surface area contributed by atoms with Crippen molar-refractivity contribution < 1.29 is 37.4 Å². The van der Waals surface area contributed by atoms with Gasteiger partial charge in [-0.05, 0) is 62.0 Å². The molecule has 0 bridgehead atoms. The Morgan fingerprint density at radius 2 is 1.81 bits per heavy atom. The molecule has 1 heterocycles. The predicted octanol–water partition coefficient (Wildman–Crippen LogP) is 5.08. The van der Waals surface area contributed by atoms with E-state index in [2.05, 4.69) is 15.5 Å². The number of hydrogen-bond acceptors (Lipinski definition) is 7. The normalized spacial score (nSPS) is 17.4. The highest BCUT2D eigenvalue weighted by molar-refractivity contribution is 6.05. The number of halogens is 3. The van der Waals surface area contributed by atoms with Crippen LogP contribution in [0.2, 0.25) is 0 Å². The number of carbonyl (C=O) groups excluding carboxylic acids is 3. The number of fused-ring (bicyclic) bond motifs is 1. The number of nitrogens with two attached hydrogens (primary N) is 1. The van der Waals surface area contributed by atoms with Crippen LogP contribution in [0.3, 0.4) is 0 Å². The van der Waals surface area contributed by atoms with Gasteiger partial charge in [-0.1, -0.05) is 31.2 Å². The number of nitrogens with one attached hydrogen (secondary N) is 2. The first kappa shape index (κ1) is 36.2. The lowest BCUT2D eigenvalue weighted by Gasteiger charge is -2.34. The van der Waals surface area contributed by atoms with Crippen molar-refractivity contribution in [2.45, 2.75) is 58.0 Å². The van der Waals surface area contributed by atoms with Crippen LogP contribution < -0.4 is 21.1 Å². The molecule has 3 aromatic rings. The third kappa shape index (κ3) is 10.2. The first-order valence-electron chi connectivity index (χ1n) is 15.7. The molecular weight excluding hydrogens is 627 g/mol. The molecule has 5 N–H and O–H groups in total. The first-order valence-corrected chi connectivity index (χ1v) is 15.7. The number of para-hydroxylation sites is 2. The molecule has 3 amide bonds. The minimum atomic E-state index is -4.45. The molecule has 3 atom stereocenters. The molecule has 0 fully saturated rings. The third-order valence-corrected chi connectivity index (χ3v) is 8.21. The van der Waals surface area contributed by atoms with Crippen LogP contribution >= 0.6 is 0 Å². The molecule has 4 rings (SSSR count). The van der Waals surface area contributed by atoms with Crippen molar-refractivity contribution in [2.75, 3.05) is 43.1 Å². The van der Waals surface area contributed by atoms with E-state index in [4.69, 9.17) is 10.5 Å². The van der Waals surface area contributed by atoms with E-state index >= 15 is 0 Å². The van der Waals surface area contributed by atoms with Gasteiger partial charge in [-0.25, -0.2) is 0 Å². The van der Waals surface area contributed by atoms with Crippen molar-refractivity contribution >= 4 is 34.8 Å². The van der Waals surface area contributed by atoms with E-state index < -0.39 is 37.1 Å². The van der Waals surface area contributed by atoms with Gasteiger partial charge in [0.05, 0.1) is 36.9 Å². The van der Waals surface area contributed by atoms with Crippen molar-refractivity contribution in [3.8, 4) is 5.75 Å². The highest BCUT2D eigenvalue weighted by Crippen LogP contribution is 2.30. The van der Waals surface area contributed by atoms with Gasteiger partial charge < -0.3 is 31.1 Å². The summed E-state index contributed by atoms with van der Waals surface area (Å²) >= 11 is 0. The molecule has 0 saturated carbocycles. The van der Waals surface area contributed by atoms with Crippen LogP contribution in [-0.4, -0.2) is 77.7 Å². The van der Waals surface area contributed by atoms with Gasteiger partial charge in [-0.2, -0.15) is 13.2 Å². The zero-order valence-electron chi connectivity index (χ0n) is 27.2. The Balaban J connectivity index is 1.48. The number of amides is 3. The Kier molecular flexibility index (Phi) is 12.1. The zero-order valence-corrected chi connectivity index (χ0v) is 27.2. The number of likely N-dealkylation sites (N-methyl/N-ethyl adjacent to an activating group) is 1. The van der Waals surface area contributed by atoms with Crippen molar-refractivity contribution in [1.82, 2.24) is 9.80 Å². The smallest absolute Gasteiger partial charge is 0.389 e. The second-order valence-electron chi connectivity index (χ2n) is 12.3. The molecule has 0 unspecified atom stereocenters. The number of anilines is 3. The standard InChI is InChI=1S/C35H42F3N5O5/c1-22-18-43(23(2)21-44)33(46)17-26-16-27(40-32(45)14-15-35(36,37)38)12-13-30(26)48-31(22)20-42(3)19-24-8-10-25(11-9-24)34(47)41-29-7-5-4-6-28(29)39/h4-13,16,22-23,31,44H,14-15,17-21,39H2,1-3H3,(H,40,45)(H,41,47)/t22-,23+,31+/m0/s1. The second-order valence-corrected chi connectivity index (χ2v) is 12.3. The molecule has 1 aliphatic heterocycles. The molecule has 0 radical (unpaired) electrons. The zero-order chi connectivity index (χ0) is 35.0. The van der Waals surface area contributed by atoms with Gasteiger partial charge in [0.2, 0.25) is 11.8 Å². The third-order valence-electron chi connectivity index (χ3n) is 8.21. The minimum Gasteiger partial charge on any atom is -0.488 e. The van der Waals surface area contributed by atoms with Gasteiger partial charge in [-0.3, -0.25) is 19.3 Å². The van der Waals surface area contributed by atoms with Crippen LogP contribution in [0, 0.1) is 5.92 Å². The van der Waals surface area contributed by atoms with Gasteiger partial charge in [0.1, 0.15) is 11.9 Å². The molecular formula is C35H42F3N5O5. The van der Waals surface area contributed by atoms with E-state index in [1.165, 1.54) is 6.07 Å². The van der Waals surface area contributed by atoms with Crippen LogP contribution in [0.4, 0.5) is 30.2 Å². The van der Waals surface area contributed by atoms with E-state index in [9.17, 15) is 32.7 Å². The molecule has 0 saturated heterocycles. The fourth-order valence-corrected chi connectivity index (χ4v) is 5.45. The largest absolute Gasteiger partial charge is 0.488 e. The van der Waals surface area contributed by atoms with E-state index in [-0.39, 0.29) is 36.4 Å². The lowest BCUT2D eigenvalue weighted by molar-refractivity contribution is -0.142. The molecule has 10 nitrogen and oxygen atoms in total. The average Bonchev–Trinajstić information content (AvgIpc) is 3.08. The molecule has 3 aromatic carbocycles. The fourth-order valence-electron chi connectivity index (χ4n) is 5.45. The summed E-state index contributed by atoms with van der Waals surface area (Å²) in [6.07, 6.45) is -6.90. The number of nitrogens with zero attached hydrogens (tertiary/aromatic N) is 2. The number of nitrogen functional groups attached to an aromatic ring is 1. The van der Waals surface area contributed by atoms with Gasteiger partial charge in [0.25, 0.3) is 5.91 Å². The van der Waals surface area contributed by atoms with Crippen LogP contribution in [0.15, 0.2) is 66.7 Å². The predicted molar refractivity (Wildman–Crippen MR) is 177 cm³/mol. The number of aliphatic hydroxyl groups is 1. The number of alkyl halides is 3. The van der Waals surface area contributed by atoms with E-state index in [1.807, 2.05) is 26.1 Å². The van der Waals surface area contributed by atoms with Crippen molar-refractivity contribution in [3.05, 3.63) is 83.4 Å². The monoisotopic (exact) mass is 669 g/mol. The maximum Gasteiger partial charge on any atom is 0.389 e. The number of rotatable bonds is 11. The minimum absolute atomic E-state index is 0.0853. The second kappa shape index (κ2) is 16.0. The fraction of sp³-hybridized carbons (Fsp3) is 0.400. The Morgan fingerprint density at radius 3 is 2.48 bits per heavy atom. The number of benzene rings is 3. The molecule has 0 aliphatic carbocycles. The van der Waals surface area contributed by atoms with Gasteiger partial charge in [0.15, 0.2) is 0 Å². The highest BCUT2D eigenvalue weighted by atomic mass is 19.4. The van der Waals surface area contributed by atoms with Crippen LogP contribution in [-0.2, 0) is 22.6 Å². The Hall–Kier alpha value is -4.62. The highest BCUT2D eigenvalue weighted by Gasteiger charge is 2.32. The average molecular weight is 670 g/mol. The topological polar surface area (TPSA) is 137 Å². The summed E-state index contributed by atoms with van der Waals surface area (Å²) in [5.74, 6) is -1.05. The molecule has 0 aromatic heterocycles. The number of hydrogen-bond donors (Lipinski definition) is 4. The van der Waals surface area contributed by atoms with Crippen molar-refractivity contribution in [1.29, 1.82) is 0 Å². The van der Waals surface area contributed by atoms with E-state index in [1.54, 1.807) is 60.4 Å². The number of aliphatic hydroxyl groups excluding tert-OH is 1. The summed E-state index contributed by atoms with van der Waals surface area (Å²) in [7, 11) is 1.93. The van der Waals surface area contributed by atoms with Crippen LogP contribution in [0.5, 0.6) is 5.75 Å². The lowest BCUT2D eigenvalue weighted by atomic mass is 10.0. The number of ether oxygens (including phenoxy) is 1. The van der Waals surface area contributed by atoms with Gasteiger partial charge in [0, 0.05) is 48.8 Å². The van der Waals surface area contributed by atoms with E-state index in [0.717, 1.165) is 5.56 Å². The maximum absolute atomic E-state index is 13.4. The lowest BCUT2D eigenvalue weighted by Crippen LogP contribution is -2.47. The SMILES string of the molecule is C[C@H](CO)N1C[C@H](C)[C@@H](CN(C)Cc2ccc(C(=O)Nc3ccccc3N)cc2)Oc2ccc(NC(=O)CCC(F)(F)F)cc2CC1=O. The summed E-state index contributed by atoms with van der Waals surface area (Å²) in [4.78, 5) is 42.0. The molecule has 258 valence electrons. The Labute approximate surface area is 278 Å². The Bertz CT molecular complexity index is 1580. The van der Waals surface area contributed by atoms with Gasteiger partial charge >= 0.3 is 6.18 Å². The van der Waals surface area contributed by atoms with Crippen LogP contribution in [0.25, 0.3) is 0 Å². The number of carbonyl (C=O) groups is 3. The van der Waals surface area contributed by atoms with Crippen LogP contribution in [0.1, 0.15) is 48.2 Å². The summed E-state index contributed by atoms with van der Waals surface area (Å²) < 4.78 is 44.3. The molecule has 0 spiro atoms. The van der Waals surface area contributed by atoms with Gasteiger partial charge in [-0.15, -0.1) is 0 Å². The van der Waals surface area contributed by atoms with Crippen molar-refractivity contribution in [2.24, 2.45) is 5.92 Å². The maximum atomic E-state index is 13.4. The summed E-state index contributed by atoms with van der Waals surface area (Å²) in [6, 6.07) is 18.5. The summed E-state index contributed by atoms with van der Waals surface area (Å²) in [5.41, 5.74) is 9.11. The summed E-state index contributed by atoms with van der Waals surface area (Å²) in [5, 5.41) is 15.2. The summed E-state index contributed by atoms with van der Waals surface area (Å²) in [6.45, 7) is 4.80. The molecule has 13 heteroatoms.